The quantitative estimate of drug-likeness (QED) is 0.0272. The fourth-order valence-electron chi connectivity index (χ4n) is 9.15. The molecule has 69 heavy (non-hydrogen) atoms. The molecule has 0 aliphatic heterocycles. The van der Waals surface area contributed by atoms with E-state index in [-0.39, 0.29) is 19.1 Å². The van der Waals surface area contributed by atoms with Crippen molar-refractivity contribution in [3.63, 3.8) is 0 Å². The largest absolute Gasteiger partial charge is 0.756 e. The summed E-state index contributed by atoms with van der Waals surface area (Å²) in [7, 11) is 1.27. The Labute approximate surface area is 430 Å². The van der Waals surface area contributed by atoms with E-state index in [1.165, 1.54) is 244 Å². The summed E-state index contributed by atoms with van der Waals surface area (Å²) in [6.45, 7) is 4.68. The molecule has 0 saturated heterocycles. The molecule has 2 N–H and O–H groups in total. The van der Waals surface area contributed by atoms with E-state index in [0.29, 0.717) is 17.4 Å². The van der Waals surface area contributed by atoms with Gasteiger partial charge in [0.1, 0.15) is 13.2 Å². The van der Waals surface area contributed by atoms with Crippen molar-refractivity contribution < 1.29 is 32.9 Å². The van der Waals surface area contributed by atoms with E-state index in [0.717, 1.165) is 38.5 Å². The van der Waals surface area contributed by atoms with Gasteiger partial charge in [-0.05, 0) is 44.9 Å². The first kappa shape index (κ1) is 68.0. The van der Waals surface area contributed by atoms with Crippen LogP contribution in [0.3, 0.4) is 0 Å². The molecule has 8 nitrogen and oxygen atoms in total. The van der Waals surface area contributed by atoms with Crippen molar-refractivity contribution in [2.75, 3.05) is 40.9 Å². The normalized spacial score (nSPS) is 14.0. The summed E-state index contributed by atoms with van der Waals surface area (Å²) < 4.78 is 23.3. The highest BCUT2D eigenvalue weighted by Gasteiger charge is 2.23. The Hall–Kier alpha value is -1.02. The van der Waals surface area contributed by atoms with Gasteiger partial charge in [-0.25, -0.2) is 0 Å². The van der Waals surface area contributed by atoms with Gasteiger partial charge in [-0.15, -0.1) is 0 Å². The van der Waals surface area contributed by atoms with Gasteiger partial charge in [0.2, 0.25) is 5.91 Å². The number of aliphatic hydroxyl groups excluding tert-OH is 1. The third kappa shape index (κ3) is 54.6. The first-order chi connectivity index (χ1) is 33.5. The molecular weight excluding hydrogens is 876 g/mol. The molecule has 9 heteroatoms. The molecule has 0 aliphatic rings. The van der Waals surface area contributed by atoms with E-state index in [9.17, 15) is 19.4 Å². The van der Waals surface area contributed by atoms with Crippen LogP contribution in [0.4, 0.5) is 0 Å². The highest BCUT2D eigenvalue weighted by molar-refractivity contribution is 7.45. The van der Waals surface area contributed by atoms with Gasteiger partial charge in [-0.1, -0.05) is 276 Å². The van der Waals surface area contributed by atoms with Gasteiger partial charge in [0.05, 0.1) is 39.9 Å². The van der Waals surface area contributed by atoms with Crippen molar-refractivity contribution in [2.45, 2.75) is 315 Å². The van der Waals surface area contributed by atoms with Crippen molar-refractivity contribution in [1.29, 1.82) is 0 Å². The zero-order valence-corrected chi connectivity index (χ0v) is 47.7. The lowest BCUT2D eigenvalue weighted by molar-refractivity contribution is -0.870. The molecule has 3 atom stereocenters. The Bertz CT molecular complexity index is 1170. The smallest absolute Gasteiger partial charge is 0.268 e. The molecule has 0 aromatic rings. The number of carbonyl (C=O) groups is 1. The molecule has 0 aromatic carbocycles. The van der Waals surface area contributed by atoms with Gasteiger partial charge >= 0.3 is 0 Å². The van der Waals surface area contributed by atoms with Crippen LogP contribution in [0.25, 0.3) is 0 Å². The van der Waals surface area contributed by atoms with Crippen LogP contribution >= 0.6 is 7.82 Å². The number of nitrogens with one attached hydrogen (secondary N) is 1. The molecule has 0 rings (SSSR count). The average Bonchev–Trinajstić information content (AvgIpc) is 3.31. The molecule has 1 amide bonds. The van der Waals surface area contributed by atoms with E-state index in [2.05, 4.69) is 31.3 Å². The molecule has 0 saturated carbocycles. The van der Waals surface area contributed by atoms with E-state index in [1.807, 2.05) is 27.2 Å². The molecule has 0 bridgehead atoms. The fraction of sp³-hybridized carbons (Fsp3) is 0.917. The molecule has 0 radical (unpaired) electrons. The third-order valence-electron chi connectivity index (χ3n) is 13.9. The molecule has 3 unspecified atom stereocenters. The lowest BCUT2D eigenvalue weighted by Gasteiger charge is -2.29. The van der Waals surface area contributed by atoms with Crippen molar-refractivity contribution in [3.05, 3.63) is 24.3 Å². The number of amides is 1. The maximum absolute atomic E-state index is 13.0. The first-order valence-corrected chi connectivity index (χ1v) is 31.7. The van der Waals surface area contributed by atoms with Gasteiger partial charge in [0.15, 0.2) is 0 Å². The SMILES string of the molecule is CCCCCCCCCC/C=C\CCCCCCCCCCCCCCCCCCCCCCCC(=O)NC(COP(=O)([O-])OCC[N+](C)(C)C)C(O)/C=C/CCCCCCCCCCCCCC. The highest BCUT2D eigenvalue weighted by Crippen LogP contribution is 2.38. The number of nitrogens with zero attached hydrogens (tertiary/aromatic N) is 1. The molecule has 0 aromatic heterocycles. The number of aliphatic hydroxyl groups is 1. The van der Waals surface area contributed by atoms with E-state index in [4.69, 9.17) is 9.05 Å². The van der Waals surface area contributed by atoms with Crippen molar-refractivity contribution >= 4 is 13.7 Å². The van der Waals surface area contributed by atoms with Crippen LogP contribution in [-0.4, -0.2) is 68.5 Å². The first-order valence-electron chi connectivity index (χ1n) is 30.2. The van der Waals surface area contributed by atoms with Gasteiger partial charge in [-0.3, -0.25) is 9.36 Å². The van der Waals surface area contributed by atoms with Crippen molar-refractivity contribution in [3.8, 4) is 0 Å². The number of hydrogen-bond acceptors (Lipinski definition) is 6. The Balaban J connectivity index is 3.98. The standard InChI is InChI=1S/C60H119N2O6P/c1-6-8-10-12-14-16-18-20-22-23-24-25-26-27-28-29-30-31-32-33-34-35-36-37-38-39-40-42-44-46-48-50-52-54-60(64)61-58(57-68-69(65,66)67-56-55-62(3,4)5)59(63)53-51-49-47-45-43-41-21-19-17-15-13-11-9-7-2/h23-24,51,53,58-59,63H,6-22,25-50,52,54-57H2,1-5H3,(H-,61,64,65,66)/b24-23-,53-51+. The van der Waals surface area contributed by atoms with Crippen LogP contribution in [0.5, 0.6) is 0 Å². The molecule has 0 heterocycles. The zero-order valence-electron chi connectivity index (χ0n) is 46.8. The van der Waals surface area contributed by atoms with Gasteiger partial charge in [0, 0.05) is 6.42 Å². The zero-order chi connectivity index (χ0) is 50.6. The predicted octanol–water partition coefficient (Wildman–Crippen LogP) is 17.7. The van der Waals surface area contributed by atoms with Crippen LogP contribution in [0.15, 0.2) is 24.3 Å². The number of phosphoric acid groups is 1. The van der Waals surface area contributed by atoms with E-state index in [1.54, 1.807) is 6.08 Å². The summed E-state index contributed by atoms with van der Waals surface area (Å²) in [5.74, 6) is -0.192. The van der Waals surface area contributed by atoms with Crippen LogP contribution < -0.4 is 10.2 Å². The average molecular weight is 996 g/mol. The third-order valence-corrected chi connectivity index (χ3v) is 14.9. The number of quaternary nitrogens is 1. The number of phosphoric ester groups is 1. The minimum Gasteiger partial charge on any atom is -0.756 e. The summed E-state index contributed by atoms with van der Waals surface area (Å²) in [5, 5.41) is 13.9. The Morgan fingerprint density at radius 3 is 1.13 bits per heavy atom. The van der Waals surface area contributed by atoms with E-state index < -0.39 is 20.0 Å². The fourth-order valence-corrected chi connectivity index (χ4v) is 9.87. The minimum absolute atomic E-state index is 0.00157. The number of unbranched alkanes of at least 4 members (excludes halogenated alkanes) is 41. The van der Waals surface area contributed by atoms with Crippen LogP contribution in [0.1, 0.15) is 303 Å². The van der Waals surface area contributed by atoms with Gasteiger partial charge < -0.3 is 28.8 Å². The highest BCUT2D eigenvalue weighted by atomic mass is 31.2. The second-order valence-corrected chi connectivity index (χ2v) is 23.5. The van der Waals surface area contributed by atoms with E-state index >= 15 is 0 Å². The predicted molar refractivity (Wildman–Crippen MR) is 298 cm³/mol. The Morgan fingerprint density at radius 2 is 0.797 bits per heavy atom. The maximum Gasteiger partial charge on any atom is 0.268 e. The van der Waals surface area contributed by atoms with Crippen LogP contribution in [0, 0.1) is 0 Å². The maximum atomic E-state index is 13.0. The summed E-state index contributed by atoms with van der Waals surface area (Å²) in [4.78, 5) is 25.5. The second kappa shape index (κ2) is 51.9. The van der Waals surface area contributed by atoms with Gasteiger partial charge in [-0.2, -0.15) is 0 Å². The molecule has 0 fully saturated rings. The number of carbonyl (C=O) groups excluding carboxylic acids is 1. The molecule has 0 spiro atoms. The number of hydrogen-bond donors (Lipinski definition) is 2. The topological polar surface area (TPSA) is 108 Å². The van der Waals surface area contributed by atoms with Crippen molar-refractivity contribution in [2.24, 2.45) is 0 Å². The summed E-state index contributed by atoms with van der Waals surface area (Å²) in [6.07, 6.45) is 65.6. The number of likely N-dealkylation sites (N-methyl/N-ethyl adjacent to an activating group) is 1. The number of allylic oxidation sites excluding steroid dienone is 3. The molecule has 0 aliphatic carbocycles. The Kier molecular flexibility index (Phi) is 51.1. The second-order valence-electron chi connectivity index (χ2n) is 22.1. The molecular formula is C60H119N2O6P. The summed E-state index contributed by atoms with van der Waals surface area (Å²) in [6, 6.07) is -0.883. The monoisotopic (exact) mass is 995 g/mol. The Morgan fingerprint density at radius 1 is 0.493 bits per heavy atom. The summed E-state index contributed by atoms with van der Waals surface area (Å²) in [5.41, 5.74) is 0. The van der Waals surface area contributed by atoms with Crippen LogP contribution in [0.2, 0.25) is 0 Å². The number of rotatable bonds is 56. The lowest BCUT2D eigenvalue weighted by atomic mass is 10.0. The lowest BCUT2D eigenvalue weighted by Crippen LogP contribution is -2.45. The minimum atomic E-state index is -4.59. The van der Waals surface area contributed by atoms with Gasteiger partial charge in [0.25, 0.3) is 7.82 Å². The van der Waals surface area contributed by atoms with Crippen molar-refractivity contribution in [1.82, 2.24) is 5.32 Å². The summed E-state index contributed by atoms with van der Waals surface area (Å²) >= 11 is 0. The molecule has 410 valence electrons. The van der Waals surface area contributed by atoms with Crippen LogP contribution in [-0.2, 0) is 18.4 Å².